The SMILES string of the molecule is CN=C(COC)NN. The van der Waals surface area contributed by atoms with Crippen molar-refractivity contribution in [3.05, 3.63) is 0 Å². The Morgan fingerprint density at radius 1 is 1.88 bits per heavy atom. The number of aliphatic imine (C=N–C) groups is 1. The molecule has 48 valence electrons. The Labute approximate surface area is 48.7 Å². The molecular formula is C4H11N3O. The molecule has 3 N–H and O–H groups in total. The third-order valence-corrected chi connectivity index (χ3v) is 0.718. The first kappa shape index (κ1) is 7.39. The molecular weight excluding hydrogens is 106 g/mol. The van der Waals surface area contributed by atoms with Crippen molar-refractivity contribution in [1.82, 2.24) is 5.43 Å². The topological polar surface area (TPSA) is 59.6 Å². The Hall–Kier alpha value is -0.610. The summed E-state index contributed by atoms with van der Waals surface area (Å²) in [6.45, 7) is 0.438. The van der Waals surface area contributed by atoms with E-state index < -0.39 is 0 Å². The summed E-state index contributed by atoms with van der Waals surface area (Å²) in [5, 5.41) is 0. The summed E-state index contributed by atoms with van der Waals surface area (Å²) in [6.07, 6.45) is 0. The van der Waals surface area contributed by atoms with Gasteiger partial charge in [0.2, 0.25) is 0 Å². The molecule has 0 unspecified atom stereocenters. The van der Waals surface area contributed by atoms with Crippen molar-refractivity contribution < 1.29 is 4.74 Å². The molecule has 0 bridgehead atoms. The van der Waals surface area contributed by atoms with Crippen LogP contribution in [-0.4, -0.2) is 26.6 Å². The highest BCUT2D eigenvalue weighted by molar-refractivity contribution is 5.82. The molecule has 0 aliphatic rings. The monoisotopic (exact) mass is 117 g/mol. The molecule has 0 rings (SSSR count). The fraction of sp³-hybridized carbons (Fsp3) is 0.750. The number of amidine groups is 1. The van der Waals surface area contributed by atoms with Gasteiger partial charge in [-0.2, -0.15) is 0 Å². The quantitative estimate of drug-likeness (QED) is 0.214. The highest BCUT2D eigenvalue weighted by atomic mass is 16.5. The molecule has 4 heteroatoms. The van der Waals surface area contributed by atoms with E-state index in [2.05, 4.69) is 10.4 Å². The minimum absolute atomic E-state index is 0.438. The molecule has 0 aromatic rings. The molecule has 0 atom stereocenters. The highest BCUT2D eigenvalue weighted by Gasteiger charge is 1.88. The van der Waals surface area contributed by atoms with E-state index in [1.807, 2.05) is 0 Å². The summed E-state index contributed by atoms with van der Waals surface area (Å²) >= 11 is 0. The molecule has 0 heterocycles. The van der Waals surface area contributed by atoms with Gasteiger partial charge in [0.25, 0.3) is 0 Å². The van der Waals surface area contributed by atoms with Crippen LogP contribution in [0.15, 0.2) is 4.99 Å². The molecule has 0 spiro atoms. The number of nitrogens with zero attached hydrogens (tertiary/aromatic N) is 1. The second-order valence-electron chi connectivity index (χ2n) is 1.25. The van der Waals surface area contributed by atoms with E-state index in [9.17, 15) is 0 Å². The second-order valence-corrected chi connectivity index (χ2v) is 1.25. The molecule has 4 nitrogen and oxygen atoms in total. The number of nitrogens with one attached hydrogen (secondary N) is 1. The van der Waals surface area contributed by atoms with E-state index >= 15 is 0 Å². The maximum Gasteiger partial charge on any atom is 0.136 e. The van der Waals surface area contributed by atoms with Crippen molar-refractivity contribution >= 4 is 5.84 Å². The van der Waals surface area contributed by atoms with E-state index in [1.165, 1.54) is 0 Å². The van der Waals surface area contributed by atoms with Crippen molar-refractivity contribution in [2.75, 3.05) is 20.8 Å². The predicted molar refractivity (Wildman–Crippen MR) is 32.6 cm³/mol. The van der Waals surface area contributed by atoms with Crippen LogP contribution in [-0.2, 0) is 4.74 Å². The van der Waals surface area contributed by atoms with Crippen LogP contribution in [0, 0.1) is 0 Å². The summed E-state index contributed by atoms with van der Waals surface area (Å²) < 4.78 is 4.71. The van der Waals surface area contributed by atoms with Crippen LogP contribution in [0.5, 0.6) is 0 Å². The van der Waals surface area contributed by atoms with Crippen LogP contribution in [0.3, 0.4) is 0 Å². The van der Waals surface area contributed by atoms with E-state index in [1.54, 1.807) is 14.2 Å². The lowest BCUT2D eigenvalue weighted by atomic mass is 10.6. The van der Waals surface area contributed by atoms with Crippen molar-refractivity contribution in [3.8, 4) is 0 Å². The Bertz CT molecular complexity index is 81.4. The first-order valence-corrected chi connectivity index (χ1v) is 2.26. The van der Waals surface area contributed by atoms with E-state index in [0.29, 0.717) is 12.4 Å². The van der Waals surface area contributed by atoms with Crippen molar-refractivity contribution in [2.45, 2.75) is 0 Å². The van der Waals surface area contributed by atoms with E-state index in [4.69, 9.17) is 10.6 Å². The van der Waals surface area contributed by atoms with Gasteiger partial charge in [0.1, 0.15) is 12.4 Å². The highest BCUT2D eigenvalue weighted by Crippen LogP contribution is 1.68. The van der Waals surface area contributed by atoms with Gasteiger partial charge >= 0.3 is 0 Å². The average molecular weight is 117 g/mol. The van der Waals surface area contributed by atoms with Crippen molar-refractivity contribution in [2.24, 2.45) is 10.8 Å². The lowest BCUT2D eigenvalue weighted by Gasteiger charge is -1.99. The number of rotatable bonds is 2. The minimum Gasteiger partial charge on any atom is -0.377 e. The standard InChI is InChI=1S/C4H11N3O/c1-6-4(7-5)3-8-2/h3,5H2,1-2H3,(H,6,7). The molecule has 0 aliphatic carbocycles. The summed E-state index contributed by atoms with van der Waals surface area (Å²) in [7, 11) is 3.23. The number of hydrogen-bond donors (Lipinski definition) is 2. The zero-order chi connectivity index (χ0) is 6.41. The summed E-state index contributed by atoms with van der Waals surface area (Å²) in [6, 6.07) is 0. The fourth-order valence-corrected chi connectivity index (χ4v) is 0.307. The van der Waals surface area contributed by atoms with Gasteiger partial charge in [-0.3, -0.25) is 4.99 Å². The minimum atomic E-state index is 0.438. The normalized spacial score (nSPS) is 11.6. The maximum absolute atomic E-state index is 5.01. The van der Waals surface area contributed by atoms with Crippen LogP contribution >= 0.6 is 0 Å². The first-order valence-electron chi connectivity index (χ1n) is 2.26. The Morgan fingerprint density at radius 2 is 2.50 bits per heavy atom. The number of nitrogens with two attached hydrogens (primary N) is 1. The Balaban J connectivity index is 3.38. The van der Waals surface area contributed by atoms with Crippen LogP contribution in [0.1, 0.15) is 0 Å². The number of methoxy groups -OCH3 is 1. The van der Waals surface area contributed by atoms with E-state index in [0.717, 1.165) is 0 Å². The predicted octanol–water partition coefficient (Wildman–Crippen LogP) is -0.876. The molecule has 0 saturated carbocycles. The molecule has 0 aromatic carbocycles. The van der Waals surface area contributed by atoms with Crippen LogP contribution in [0.4, 0.5) is 0 Å². The average Bonchev–Trinajstić information content (AvgIpc) is 1.83. The Morgan fingerprint density at radius 3 is 2.62 bits per heavy atom. The number of ether oxygens (including phenoxy) is 1. The van der Waals surface area contributed by atoms with Gasteiger partial charge in [-0.25, -0.2) is 5.84 Å². The summed E-state index contributed by atoms with van der Waals surface area (Å²) in [5.41, 5.74) is 2.38. The molecule has 0 saturated heterocycles. The van der Waals surface area contributed by atoms with Gasteiger partial charge in [-0.05, 0) is 0 Å². The van der Waals surface area contributed by atoms with Gasteiger partial charge in [-0.1, -0.05) is 0 Å². The van der Waals surface area contributed by atoms with E-state index in [-0.39, 0.29) is 0 Å². The molecule has 0 radical (unpaired) electrons. The van der Waals surface area contributed by atoms with Gasteiger partial charge in [0.15, 0.2) is 0 Å². The van der Waals surface area contributed by atoms with Gasteiger partial charge in [0, 0.05) is 14.2 Å². The summed E-state index contributed by atoms with van der Waals surface area (Å²) in [5.74, 6) is 5.65. The second kappa shape index (κ2) is 4.55. The van der Waals surface area contributed by atoms with Gasteiger partial charge < -0.3 is 10.2 Å². The van der Waals surface area contributed by atoms with Crippen LogP contribution < -0.4 is 11.3 Å². The molecule has 0 fully saturated rings. The number of hydrogen-bond acceptors (Lipinski definition) is 3. The maximum atomic E-state index is 5.01. The molecule has 0 amide bonds. The Kier molecular flexibility index (Phi) is 4.20. The van der Waals surface area contributed by atoms with Crippen LogP contribution in [0.2, 0.25) is 0 Å². The number of hydrazine groups is 1. The molecule has 0 aliphatic heterocycles. The van der Waals surface area contributed by atoms with Crippen molar-refractivity contribution in [1.29, 1.82) is 0 Å². The van der Waals surface area contributed by atoms with Crippen LogP contribution in [0.25, 0.3) is 0 Å². The third kappa shape index (κ3) is 2.54. The lowest BCUT2D eigenvalue weighted by Crippen LogP contribution is -2.33. The lowest BCUT2D eigenvalue weighted by molar-refractivity contribution is 0.242. The third-order valence-electron chi connectivity index (χ3n) is 0.718. The van der Waals surface area contributed by atoms with Gasteiger partial charge in [-0.15, -0.1) is 0 Å². The summed E-state index contributed by atoms with van der Waals surface area (Å²) in [4.78, 5) is 3.75. The molecule has 8 heavy (non-hydrogen) atoms. The largest absolute Gasteiger partial charge is 0.377 e. The van der Waals surface area contributed by atoms with Gasteiger partial charge in [0.05, 0.1) is 0 Å². The van der Waals surface area contributed by atoms with Crippen molar-refractivity contribution in [3.63, 3.8) is 0 Å². The molecule has 0 aromatic heterocycles. The fourth-order valence-electron chi connectivity index (χ4n) is 0.307. The zero-order valence-electron chi connectivity index (χ0n) is 5.14. The first-order chi connectivity index (χ1) is 3.85. The zero-order valence-corrected chi connectivity index (χ0v) is 5.14. The smallest absolute Gasteiger partial charge is 0.136 e.